The Morgan fingerprint density at radius 3 is 2.70 bits per heavy atom. The zero-order chi connectivity index (χ0) is 14.5. The molecule has 1 heterocycles. The lowest BCUT2D eigenvalue weighted by atomic mass is 10.1. The van der Waals surface area contributed by atoms with Gasteiger partial charge in [0.2, 0.25) is 5.88 Å². The lowest BCUT2D eigenvalue weighted by Crippen LogP contribution is -2.22. The molecule has 2 aromatic rings. The number of fused-ring (bicyclic) bond motifs is 1. The molecule has 0 aliphatic rings. The number of pyridine rings is 1. The fourth-order valence-corrected chi connectivity index (χ4v) is 1.90. The van der Waals surface area contributed by atoms with Crippen LogP contribution < -0.4 is 10.1 Å². The minimum absolute atomic E-state index is 0.240. The summed E-state index contributed by atoms with van der Waals surface area (Å²) in [6.07, 6.45) is -2.50. The highest BCUT2D eigenvalue weighted by atomic mass is 19.3. The van der Waals surface area contributed by atoms with E-state index in [0.717, 1.165) is 16.5 Å². The van der Waals surface area contributed by atoms with E-state index in [1.165, 1.54) is 0 Å². The minimum Gasteiger partial charge on any atom is -0.472 e. The number of aromatic nitrogens is 1. The van der Waals surface area contributed by atoms with E-state index in [1.54, 1.807) is 6.07 Å². The molecular formula is C15H18F2N2O. The van der Waals surface area contributed by atoms with Gasteiger partial charge in [-0.2, -0.15) is 0 Å². The summed E-state index contributed by atoms with van der Waals surface area (Å²) >= 11 is 0. The van der Waals surface area contributed by atoms with Crippen molar-refractivity contribution < 1.29 is 13.5 Å². The van der Waals surface area contributed by atoms with Crippen LogP contribution in [0.4, 0.5) is 8.78 Å². The molecule has 2 rings (SSSR count). The van der Waals surface area contributed by atoms with Gasteiger partial charge in [-0.05, 0) is 11.6 Å². The van der Waals surface area contributed by atoms with E-state index in [1.807, 2.05) is 24.3 Å². The standard InChI is InChI=1S/C15H18F2N2O/c1-10(2)18-8-11-7-15(20-9-14(16)17)19-13-6-4-3-5-12(11)13/h3-7,10,14,18H,8-9H2,1-2H3. The second-order valence-corrected chi connectivity index (χ2v) is 4.87. The van der Waals surface area contributed by atoms with E-state index in [2.05, 4.69) is 24.1 Å². The van der Waals surface area contributed by atoms with Crippen molar-refractivity contribution in [1.29, 1.82) is 0 Å². The van der Waals surface area contributed by atoms with Crippen LogP contribution in [0.25, 0.3) is 10.9 Å². The summed E-state index contributed by atoms with van der Waals surface area (Å²) in [4.78, 5) is 4.25. The van der Waals surface area contributed by atoms with Crippen molar-refractivity contribution in [3.05, 3.63) is 35.9 Å². The van der Waals surface area contributed by atoms with E-state index < -0.39 is 13.0 Å². The summed E-state index contributed by atoms with van der Waals surface area (Å²) in [5, 5.41) is 4.32. The lowest BCUT2D eigenvalue weighted by molar-refractivity contribution is 0.0797. The Morgan fingerprint density at radius 2 is 2.00 bits per heavy atom. The number of benzene rings is 1. The molecule has 0 spiro atoms. The van der Waals surface area contributed by atoms with Gasteiger partial charge in [0.15, 0.2) is 6.61 Å². The van der Waals surface area contributed by atoms with E-state index >= 15 is 0 Å². The highest BCUT2D eigenvalue weighted by Crippen LogP contribution is 2.22. The Hall–Kier alpha value is -1.75. The first-order chi connectivity index (χ1) is 9.56. The molecule has 108 valence electrons. The first kappa shape index (κ1) is 14.7. The fourth-order valence-electron chi connectivity index (χ4n) is 1.90. The quantitative estimate of drug-likeness (QED) is 0.881. The highest BCUT2D eigenvalue weighted by molar-refractivity contribution is 5.82. The van der Waals surface area contributed by atoms with Crippen LogP contribution in [0, 0.1) is 0 Å². The molecule has 0 unspecified atom stereocenters. The number of hydrogen-bond acceptors (Lipinski definition) is 3. The van der Waals surface area contributed by atoms with Gasteiger partial charge in [-0.25, -0.2) is 13.8 Å². The number of para-hydroxylation sites is 1. The highest BCUT2D eigenvalue weighted by Gasteiger charge is 2.09. The van der Waals surface area contributed by atoms with Crippen LogP contribution in [-0.4, -0.2) is 24.1 Å². The number of alkyl halides is 2. The zero-order valence-electron chi connectivity index (χ0n) is 11.6. The molecule has 5 heteroatoms. The van der Waals surface area contributed by atoms with E-state index in [9.17, 15) is 8.78 Å². The third kappa shape index (κ3) is 3.87. The molecule has 0 fully saturated rings. The van der Waals surface area contributed by atoms with Gasteiger partial charge in [0.05, 0.1) is 5.52 Å². The molecule has 0 amide bonds. The van der Waals surface area contributed by atoms with E-state index in [0.29, 0.717) is 12.6 Å². The Bertz CT molecular complexity index is 573. The molecule has 0 bridgehead atoms. The third-order valence-corrected chi connectivity index (χ3v) is 2.84. The summed E-state index contributed by atoms with van der Waals surface area (Å²) in [5.41, 5.74) is 1.74. The van der Waals surface area contributed by atoms with Gasteiger partial charge in [0.1, 0.15) is 0 Å². The SMILES string of the molecule is CC(C)NCc1cc(OCC(F)F)nc2ccccc12. The number of hydrogen-bond donors (Lipinski definition) is 1. The second-order valence-electron chi connectivity index (χ2n) is 4.87. The Morgan fingerprint density at radius 1 is 1.25 bits per heavy atom. The largest absolute Gasteiger partial charge is 0.472 e. The number of ether oxygens (including phenoxy) is 1. The maximum absolute atomic E-state index is 12.2. The van der Waals surface area contributed by atoms with Gasteiger partial charge in [-0.1, -0.05) is 32.0 Å². The van der Waals surface area contributed by atoms with Crippen LogP contribution in [0.3, 0.4) is 0 Å². The van der Waals surface area contributed by atoms with E-state index in [-0.39, 0.29) is 5.88 Å². The molecule has 0 aliphatic carbocycles. The lowest BCUT2D eigenvalue weighted by Gasteiger charge is -2.13. The van der Waals surface area contributed by atoms with Gasteiger partial charge in [0.25, 0.3) is 6.43 Å². The van der Waals surface area contributed by atoms with Gasteiger partial charge < -0.3 is 10.1 Å². The summed E-state index contributed by atoms with van der Waals surface area (Å²) in [5.74, 6) is 0.240. The first-order valence-electron chi connectivity index (χ1n) is 6.59. The monoisotopic (exact) mass is 280 g/mol. The average Bonchev–Trinajstić information content (AvgIpc) is 2.42. The topological polar surface area (TPSA) is 34.1 Å². The molecule has 0 aliphatic heterocycles. The van der Waals surface area contributed by atoms with Crippen molar-refractivity contribution >= 4 is 10.9 Å². The summed E-state index contributed by atoms with van der Waals surface area (Å²) in [7, 11) is 0. The van der Waals surface area contributed by atoms with Crippen LogP contribution in [0.5, 0.6) is 5.88 Å². The number of halogens is 2. The second kappa shape index (κ2) is 6.61. The van der Waals surface area contributed by atoms with Crippen molar-refractivity contribution in [3.63, 3.8) is 0 Å². The summed E-state index contributed by atoms with van der Waals surface area (Å²) in [6.45, 7) is 4.11. The zero-order valence-corrected chi connectivity index (χ0v) is 11.6. The van der Waals surface area contributed by atoms with Crippen LogP contribution in [0.15, 0.2) is 30.3 Å². The van der Waals surface area contributed by atoms with Crippen LogP contribution >= 0.6 is 0 Å². The first-order valence-corrected chi connectivity index (χ1v) is 6.59. The molecule has 0 atom stereocenters. The number of rotatable bonds is 6. The molecule has 0 saturated carbocycles. The normalized spacial score (nSPS) is 11.5. The van der Waals surface area contributed by atoms with Crippen molar-refractivity contribution in [1.82, 2.24) is 10.3 Å². The number of nitrogens with one attached hydrogen (secondary N) is 1. The molecule has 1 aromatic carbocycles. The Balaban J connectivity index is 2.31. The average molecular weight is 280 g/mol. The van der Waals surface area contributed by atoms with Crippen LogP contribution in [0.1, 0.15) is 19.4 Å². The minimum atomic E-state index is -2.50. The molecule has 0 radical (unpaired) electrons. The molecule has 20 heavy (non-hydrogen) atoms. The van der Waals surface area contributed by atoms with Crippen molar-refractivity contribution in [2.75, 3.05) is 6.61 Å². The Kier molecular flexibility index (Phi) is 4.84. The molecule has 1 N–H and O–H groups in total. The molecule has 1 aromatic heterocycles. The predicted molar refractivity (Wildman–Crippen MR) is 75.2 cm³/mol. The van der Waals surface area contributed by atoms with Gasteiger partial charge in [-0.3, -0.25) is 0 Å². The van der Waals surface area contributed by atoms with Crippen LogP contribution in [-0.2, 0) is 6.54 Å². The van der Waals surface area contributed by atoms with Crippen LogP contribution in [0.2, 0.25) is 0 Å². The fraction of sp³-hybridized carbons (Fsp3) is 0.400. The van der Waals surface area contributed by atoms with Crippen molar-refractivity contribution in [2.45, 2.75) is 32.9 Å². The van der Waals surface area contributed by atoms with Crippen molar-refractivity contribution in [2.24, 2.45) is 0 Å². The van der Waals surface area contributed by atoms with E-state index in [4.69, 9.17) is 4.74 Å². The maximum Gasteiger partial charge on any atom is 0.272 e. The smallest absolute Gasteiger partial charge is 0.272 e. The summed E-state index contributed by atoms with van der Waals surface area (Å²) in [6, 6.07) is 9.68. The van der Waals surface area contributed by atoms with Gasteiger partial charge in [0, 0.05) is 24.0 Å². The number of nitrogens with zero attached hydrogens (tertiary/aromatic N) is 1. The molecule has 3 nitrogen and oxygen atoms in total. The summed E-state index contributed by atoms with van der Waals surface area (Å²) < 4.78 is 29.5. The molecular weight excluding hydrogens is 262 g/mol. The molecule has 0 saturated heterocycles. The van der Waals surface area contributed by atoms with Gasteiger partial charge >= 0.3 is 0 Å². The predicted octanol–water partition coefficient (Wildman–Crippen LogP) is 3.38. The van der Waals surface area contributed by atoms with Gasteiger partial charge in [-0.15, -0.1) is 0 Å². The van der Waals surface area contributed by atoms with Crippen molar-refractivity contribution in [3.8, 4) is 5.88 Å². The maximum atomic E-state index is 12.2. The Labute approximate surface area is 117 Å². The third-order valence-electron chi connectivity index (χ3n) is 2.84.